The van der Waals surface area contributed by atoms with E-state index in [1.165, 1.54) is 6.21 Å². The molecule has 116 valence electrons. The molecule has 5 N–H and O–H groups in total. The molecule has 0 aromatic rings. The van der Waals surface area contributed by atoms with Crippen LogP contribution >= 0.6 is 0 Å². The van der Waals surface area contributed by atoms with Crippen molar-refractivity contribution in [1.29, 1.82) is 0 Å². The lowest BCUT2D eigenvalue weighted by Crippen LogP contribution is -2.29. The maximum atomic E-state index is 11.5. The zero-order valence-corrected chi connectivity index (χ0v) is 12.5. The molecule has 5 heteroatoms. The number of hydrogen-bond acceptors (Lipinski definition) is 4. The Morgan fingerprint density at radius 2 is 1.95 bits per heavy atom. The summed E-state index contributed by atoms with van der Waals surface area (Å²) in [5.41, 5.74) is 11.1. The number of rotatable bonds is 11. The highest BCUT2D eigenvalue weighted by Crippen LogP contribution is 2.04. The largest absolute Gasteiger partial charge is 0.389 e. The van der Waals surface area contributed by atoms with Gasteiger partial charge in [-0.25, -0.2) is 4.99 Å². The number of aliphatic imine (C=N–C) groups is 1. The van der Waals surface area contributed by atoms with Crippen LogP contribution in [0.3, 0.4) is 0 Å². The molecule has 0 bridgehead atoms. The van der Waals surface area contributed by atoms with E-state index in [4.69, 9.17) is 11.5 Å². The van der Waals surface area contributed by atoms with Gasteiger partial charge >= 0.3 is 0 Å². The number of allylic oxidation sites excluding steroid dienone is 1. The number of aliphatic hydroxyl groups is 1. The number of nitrogens with zero attached hydrogens (tertiary/aromatic N) is 1. The first-order valence-corrected chi connectivity index (χ1v) is 7.50. The van der Waals surface area contributed by atoms with Gasteiger partial charge in [0.2, 0.25) is 0 Å². The fourth-order valence-electron chi connectivity index (χ4n) is 1.72. The van der Waals surface area contributed by atoms with Crippen LogP contribution in [0, 0.1) is 0 Å². The summed E-state index contributed by atoms with van der Waals surface area (Å²) in [5.74, 6) is -0.327. The quantitative estimate of drug-likeness (QED) is 0.395. The predicted octanol–water partition coefficient (Wildman–Crippen LogP) is 1.54. The van der Waals surface area contributed by atoms with Gasteiger partial charge in [-0.3, -0.25) is 4.79 Å². The topological polar surface area (TPSA) is 102 Å². The number of nitrogens with two attached hydrogens (primary N) is 2. The van der Waals surface area contributed by atoms with E-state index in [0.717, 1.165) is 38.5 Å². The number of carbonyl (C=O) groups is 1. The number of hydrogen-bond donors (Lipinski definition) is 3. The first kappa shape index (κ1) is 19.0. The van der Waals surface area contributed by atoms with Gasteiger partial charge in [-0.1, -0.05) is 38.7 Å². The zero-order valence-electron chi connectivity index (χ0n) is 12.5. The van der Waals surface area contributed by atoms with Gasteiger partial charge in [0.25, 0.3) is 5.91 Å². The maximum Gasteiger partial charge on any atom is 0.262 e. The number of aliphatic hydroxyl groups excluding tert-OH is 1. The predicted molar refractivity (Wildman–Crippen MR) is 83.7 cm³/mol. The molecule has 0 aromatic carbocycles. The Bertz CT molecular complexity index is 303. The van der Waals surface area contributed by atoms with Gasteiger partial charge in [-0.15, -0.1) is 0 Å². The molecule has 0 aliphatic heterocycles. The van der Waals surface area contributed by atoms with Crippen molar-refractivity contribution in [3.63, 3.8) is 0 Å². The van der Waals surface area contributed by atoms with E-state index in [0.29, 0.717) is 13.0 Å². The maximum absolute atomic E-state index is 11.5. The van der Waals surface area contributed by atoms with E-state index in [2.05, 4.69) is 11.9 Å². The second-order valence-corrected chi connectivity index (χ2v) is 4.96. The van der Waals surface area contributed by atoms with Crippen molar-refractivity contribution in [2.45, 2.75) is 64.0 Å². The molecule has 0 saturated heterocycles. The summed E-state index contributed by atoms with van der Waals surface area (Å²) < 4.78 is 0. The third kappa shape index (κ3) is 10.8. The summed E-state index contributed by atoms with van der Waals surface area (Å²) in [6.07, 6.45) is 10.5. The third-order valence-corrected chi connectivity index (χ3v) is 3.01. The van der Waals surface area contributed by atoms with Crippen molar-refractivity contribution in [3.8, 4) is 0 Å². The Morgan fingerprint density at radius 1 is 1.25 bits per heavy atom. The molecule has 5 nitrogen and oxygen atoms in total. The van der Waals surface area contributed by atoms with E-state index in [9.17, 15) is 9.90 Å². The first-order valence-electron chi connectivity index (χ1n) is 7.50. The van der Waals surface area contributed by atoms with Crippen molar-refractivity contribution in [3.05, 3.63) is 12.2 Å². The van der Waals surface area contributed by atoms with Crippen molar-refractivity contribution in [2.75, 3.05) is 6.54 Å². The van der Waals surface area contributed by atoms with Crippen LogP contribution in [0.15, 0.2) is 17.1 Å². The van der Waals surface area contributed by atoms with Crippen LogP contribution < -0.4 is 11.5 Å². The Balaban J connectivity index is 3.88. The lowest BCUT2D eigenvalue weighted by atomic mass is 10.1. The molecule has 0 aliphatic carbocycles. The first-order chi connectivity index (χ1) is 9.61. The third-order valence-electron chi connectivity index (χ3n) is 3.01. The molecule has 0 aromatic heterocycles. The Kier molecular flexibility index (Phi) is 12.3. The number of amides is 1. The van der Waals surface area contributed by atoms with Gasteiger partial charge < -0.3 is 16.6 Å². The molecular weight excluding hydrogens is 254 g/mol. The molecule has 20 heavy (non-hydrogen) atoms. The van der Waals surface area contributed by atoms with Crippen LogP contribution in [0.1, 0.15) is 51.9 Å². The fourth-order valence-corrected chi connectivity index (χ4v) is 1.72. The van der Waals surface area contributed by atoms with Gasteiger partial charge in [0, 0.05) is 6.21 Å². The molecule has 1 amide bonds. The molecule has 0 spiro atoms. The van der Waals surface area contributed by atoms with Crippen LogP contribution in [0.2, 0.25) is 0 Å². The molecule has 0 saturated carbocycles. The highest BCUT2D eigenvalue weighted by Gasteiger charge is 2.10. The molecule has 2 atom stereocenters. The van der Waals surface area contributed by atoms with Crippen molar-refractivity contribution in [1.82, 2.24) is 0 Å². The average molecular weight is 283 g/mol. The van der Waals surface area contributed by atoms with E-state index < -0.39 is 12.1 Å². The summed E-state index contributed by atoms with van der Waals surface area (Å²) in [6.45, 7) is 2.74. The average Bonchev–Trinajstić information content (AvgIpc) is 2.43. The van der Waals surface area contributed by atoms with Crippen molar-refractivity contribution in [2.24, 2.45) is 16.5 Å². The number of unbranched alkanes of at least 4 members (excludes halogenated alkanes) is 3. The molecule has 0 rings (SSSR count). The van der Waals surface area contributed by atoms with Crippen LogP contribution in [-0.2, 0) is 4.79 Å². The van der Waals surface area contributed by atoms with Crippen molar-refractivity contribution < 1.29 is 9.90 Å². The Labute approximate surface area is 122 Å². The Hall–Kier alpha value is -1.04. The SMILES string of the molecule is CCCCCC(O)/C=C/C=NC(=O)[C@@H](N)CCCCN. The fraction of sp³-hybridized carbons (Fsp3) is 0.733. The van der Waals surface area contributed by atoms with Gasteiger partial charge in [0.05, 0.1) is 12.1 Å². The minimum atomic E-state index is -0.555. The second kappa shape index (κ2) is 13.0. The van der Waals surface area contributed by atoms with E-state index in [1.807, 2.05) is 0 Å². The lowest BCUT2D eigenvalue weighted by Gasteiger charge is -2.05. The molecule has 0 aliphatic rings. The highest BCUT2D eigenvalue weighted by molar-refractivity contribution is 5.91. The standard InChI is InChI=1S/C15H29N3O2/c1-2-3-4-8-13(19)9-7-12-18-15(20)14(17)10-5-6-11-16/h7,9,12-14,19H,2-6,8,10-11,16-17H2,1H3/b9-7+,18-12?/t13?,14-/m0/s1. The highest BCUT2D eigenvalue weighted by atomic mass is 16.3. The monoisotopic (exact) mass is 283 g/mol. The zero-order chi connectivity index (χ0) is 15.2. The van der Waals surface area contributed by atoms with E-state index in [-0.39, 0.29) is 5.91 Å². The molecule has 0 heterocycles. The van der Waals surface area contributed by atoms with Crippen LogP contribution in [0.25, 0.3) is 0 Å². The Morgan fingerprint density at radius 3 is 2.60 bits per heavy atom. The summed E-state index contributed by atoms with van der Waals surface area (Å²) in [4.78, 5) is 15.3. The molecular formula is C15H29N3O2. The second-order valence-electron chi connectivity index (χ2n) is 4.96. The van der Waals surface area contributed by atoms with Gasteiger partial charge in [-0.2, -0.15) is 0 Å². The van der Waals surface area contributed by atoms with Crippen LogP contribution in [0.4, 0.5) is 0 Å². The minimum absolute atomic E-state index is 0.327. The van der Waals surface area contributed by atoms with Crippen LogP contribution in [-0.4, -0.2) is 35.9 Å². The lowest BCUT2D eigenvalue weighted by molar-refractivity contribution is -0.119. The molecule has 0 fully saturated rings. The van der Waals surface area contributed by atoms with E-state index >= 15 is 0 Å². The number of carbonyl (C=O) groups excluding carboxylic acids is 1. The summed E-state index contributed by atoms with van der Waals surface area (Å²) >= 11 is 0. The normalized spacial score (nSPS) is 15.0. The summed E-state index contributed by atoms with van der Waals surface area (Å²) in [5, 5.41) is 9.62. The summed E-state index contributed by atoms with van der Waals surface area (Å²) in [6, 6.07) is -0.555. The minimum Gasteiger partial charge on any atom is -0.389 e. The van der Waals surface area contributed by atoms with E-state index in [1.54, 1.807) is 12.2 Å². The molecule has 0 radical (unpaired) electrons. The van der Waals surface area contributed by atoms with Crippen LogP contribution in [0.5, 0.6) is 0 Å². The smallest absolute Gasteiger partial charge is 0.262 e. The van der Waals surface area contributed by atoms with Gasteiger partial charge in [-0.05, 0) is 31.9 Å². The molecule has 1 unspecified atom stereocenters. The van der Waals surface area contributed by atoms with Gasteiger partial charge in [0.15, 0.2) is 0 Å². The van der Waals surface area contributed by atoms with Gasteiger partial charge in [0.1, 0.15) is 0 Å². The summed E-state index contributed by atoms with van der Waals surface area (Å²) in [7, 11) is 0. The van der Waals surface area contributed by atoms with Crippen molar-refractivity contribution >= 4 is 12.1 Å².